The maximum absolute atomic E-state index is 8.49. The molecule has 0 N–H and O–H groups in total. The molecule has 0 atom stereocenters. The van der Waals surface area contributed by atoms with Crippen molar-refractivity contribution >= 4 is 106 Å². The van der Waals surface area contributed by atoms with Crippen LogP contribution in [0.4, 0.5) is 22.7 Å². The summed E-state index contributed by atoms with van der Waals surface area (Å²) in [5, 5.41) is 5.39. The molecule has 0 spiro atoms. The van der Waals surface area contributed by atoms with Crippen LogP contribution < -0.4 is 47.1 Å². The fourth-order valence-electron chi connectivity index (χ4n) is 13.6. The molecular weight excluding hydrogens is 1430 g/mol. The van der Waals surface area contributed by atoms with E-state index in [1.165, 1.54) is 126 Å². The van der Waals surface area contributed by atoms with Gasteiger partial charge in [-0.25, -0.2) is 37.3 Å². The monoisotopic (exact) mass is 1520 g/mol. The molecule has 4 heterocycles. The maximum Gasteiger partial charge on any atom is 0.210 e. The van der Waals surface area contributed by atoms with Gasteiger partial charge in [0, 0.05) is 106 Å². The van der Waals surface area contributed by atoms with Crippen molar-refractivity contribution in [3.63, 3.8) is 0 Å². The SMILES string of the molecule is C.C.CCCCN1/C(=C/C=CC=CC2=[N+](CCCC)c3ccc4ccccc4c3C2(C)C)C(C)(C)c2c1ccc1ccccc21.CN1C(=CC=CC2=[N+](C)c3ccccc3C2(C)C)C(C)(C)c2ccccc21.Cc1ccc([S-])c([S-])c1.Cc1ccc([S-])c([S-])c1.[Ni].[O-][Cl+3]([O-])([O-])[O-].[O-][Cl+3]([O-])([O-])[O-]. The second-order valence-electron chi connectivity index (χ2n) is 26.7. The molecule has 0 amide bonds. The Morgan fingerprint density at radius 3 is 1.45 bits per heavy atom. The zero-order valence-electron chi connectivity index (χ0n) is 58.6. The Morgan fingerprint density at radius 2 is 0.931 bits per heavy atom. The van der Waals surface area contributed by atoms with Crippen LogP contribution in [0.3, 0.4) is 0 Å². The molecule has 0 saturated heterocycles. The molecule has 8 aromatic carbocycles. The van der Waals surface area contributed by atoms with Gasteiger partial charge in [0.2, 0.25) is 11.4 Å². The third-order valence-corrected chi connectivity index (χ3v) is 19.9. The van der Waals surface area contributed by atoms with Crippen LogP contribution in [-0.2, 0) is 88.7 Å². The van der Waals surface area contributed by atoms with Gasteiger partial charge in [-0.2, -0.15) is 28.7 Å². The number of hydrogen-bond donors (Lipinski definition) is 0. The number of rotatable bonds is 11. The third-order valence-electron chi connectivity index (χ3n) is 18.3. The normalized spacial score (nSPS) is 16.3. The van der Waals surface area contributed by atoms with Gasteiger partial charge in [0.1, 0.15) is 13.6 Å². The van der Waals surface area contributed by atoms with Crippen molar-refractivity contribution in [3.8, 4) is 0 Å². The van der Waals surface area contributed by atoms with Crippen LogP contribution in [-0.4, -0.2) is 47.8 Å². The van der Waals surface area contributed by atoms with Crippen molar-refractivity contribution in [2.24, 2.45) is 0 Å². The van der Waals surface area contributed by atoms with E-state index in [-0.39, 0.29) is 53.0 Å². The van der Waals surface area contributed by atoms with Gasteiger partial charge in [0.25, 0.3) is 0 Å². The van der Waals surface area contributed by atoms with Crippen LogP contribution in [0.25, 0.3) is 21.5 Å². The topological polar surface area (TPSA) is 197 Å². The molecular formula is C82H96Cl2N4NiO8S4-4. The molecule has 101 heavy (non-hydrogen) atoms. The van der Waals surface area contributed by atoms with Gasteiger partial charge in [0.05, 0.1) is 10.8 Å². The van der Waals surface area contributed by atoms with Gasteiger partial charge in [0.15, 0.2) is 11.4 Å². The smallest absolute Gasteiger partial charge is 0.210 e. The van der Waals surface area contributed by atoms with E-state index in [9.17, 15) is 0 Å². The summed E-state index contributed by atoms with van der Waals surface area (Å²) < 4.78 is 72.8. The van der Waals surface area contributed by atoms with Crippen LogP contribution in [0.2, 0.25) is 0 Å². The van der Waals surface area contributed by atoms with Crippen molar-refractivity contribution in [2.45, 2.75) is 165 Å². The summed E-state index contributed by atoms with van der Waals surface area (Å²) in [6, 6.07) is 55.9. The number of halogens is 2. The van der Waals surface area contributed by atoms with Crippen LogP contribution in [0.1, 0.15) is 143 Å². The molecule has 19 heteroatoms. The number of likely N-dealkylation sites (N-methyl/N-ethyl adjacent to an activating group) is 1. The number of unbranched alkanes of at least 4 members (excludes halogenated alkanes) is 2. The van der Waals surface area contributed by atoms with Crippen LogP contribution in [0, 0.1) is 34.3 Å². The van der Waals surface area contributed by atoms with Gasteiger partial charge >= 0.3 is 0 Å². The molecule has 8 aromatic rings. The average Bonchev–Trinajstić information content (AvgIpc) is 1.60. The van der Waals surface area contributed by atoms with Gasteiger partial charge in [-0.1, -0.05) is 232 Å². The quantitative estimate of drug-likeness (QED) is 0.0513. The maximum atomic E-state index is 8.49. The zero-order valence-corrected chi connectivity index (χ0v) is 64.4. The van der Waals surface area contributed by atoms with Crippen LogP contribution >= 0.6 is 0 Å². The second-order valence-corrected chi connectivity index (χ2v) is 29.9. The molecule has 544 valence electrons. The number of para-hydroxylation sites is 2. The number of aryl methyl sites for hydroxylation is 2. The summed E-state index contributed by atoms with van der Waals surface area (Å²) >= 11 is 19.7. The summed E-state index contributed by atoms with van der Waals surface area (Å²) in [7, 11) is -5.55. The Labute approximate surface area is 637 Å². The van der Waals surface area contributed by atoms with Crippen molar-refractivity contribution in [3.05, 3.63) is 251 Å². The number of fused-ring (bicyclic) bond motifs is 8. The van der Waals surface area contributed by atoms with Crippen molar-refractivity contribution < 1.29 is 83.4 Å². The van der Waals surface area contributed by atoms with Gasteiger partial charge in [-0.3, -0.25) is 0 Å². The minimum Gasteiger partial charge on any atom is -0.781 e. The number of benzene rings is 8. The molecule has 4 aliphatic heterocycles. The third kappa shape index (κ3) is 21.4. The van der Waals surface area contributed by atoms with E-state index in [0.717, 1.165) is 32.7 Å². The van der Waals surface area contributed by atoms with Crippen LogP contribution in [0.5, 0.6) is 0 Å². The van der Waals surface area contributed by atoms with Gasteiger partial charge in [-0.15, -0.1) is 20.5 Å². The van der Waals surface area contributed by atoms with Crippen molar-refractivity contribution in [1.29, 1.82) is 0 Å². The summed E-state index contributed by atoms with van der Waals surface area (Å²) in [6.45, 7) is 29.5. The minimum atomic E-state index is -4.94. The van der Waals surface area contributed by atoms with E-state index < -0.39 is 20.5 Å². The number of anilines is 2. The second kappa shape index (κ2) is 36.8. The number of hydrogen-bond acceptors (Lipinski definition) is 14. The molecule has 0 fully saturated rings. The fourth-order valence-corrected chi connectivity index (χ4v) is 14.4. The summed E-state index contributed by atoms with van der Waals surface area (Å²) in [5.41, 5.74) is 18.7. The molecule has 0 saturated carbocycles. The Hall–Kier alpha value is -6.45. The predicted octanol–water partition coefficient (Wildman–Crippen LogP) is 11.7. The first-order chi connectivity index (χ1) is 46.0. The zero-order chi connectivity index (χ0) is 72.3. The molecule has 0 radical (unpaired) electrons. The first-order valence-electron chi connectivity index (χ1n) is 32.5. The van der Waals surface area contributed by atoms with Gasteiger partial charge < -0.3 is 60.3 Å². The van der Waals surface area contributed by atoms with E-state index >= 15 is 0 Å². The van der Waals surface area contributed by atoms with E-state index in [1.54, 1.807) is 0 Å². The average molecular weight is 1520 g/mol. The summed E-state index contributed by atoms with van der Waals surface area (Å²) in [4.78, 5) is 8.01. The van der Waals surface area contributed by atoms with E-state index in [0.29, 0.717) is 0 Å². The Balaban J connectivity index is 0.000000314. The van der Waals surface area contributed by atoms with Crippen molar-refractivity contribution in [1.82, 2.24) is 0 Å². The Morgan fingerprint density at radius 1 is 0.455 bits per heavy atom. The van der Waals surface area contributed by atoms with E-state index in [1.807, 2.05) is 50.2 Å². The van der Waals surface area contributed by atoms with Crippen LogP contribution in [0.15, 0.2) is 237 Å². The minimum absolute atomic E-state index is 0. The fraction of sp³-hybridized carbons (Fsp3) is 0.317. The molecule has 0 aromatic heterocycles. The molecule has 4 aliphatic rings. The first kappa shape index (κ1) is 87.0. The Kier molecular flexibility index (Phi) is 31.7. The summed E-state index contributed by atoms with van der Waals surface area (Å²) in [6.07, 6.45) is 23.0. The number of allylic oxidation sites excluding steroid dienone is 10. The Bertz CT molecular complexity index is 4320. The summed E-state index contributed by atoms with van der Waals surface area (Å²) in [5.74, 6) is 0. The largest absolute Gasteiger partial charge is 0.781 e. The molecule has 0 bridgehead atoms. The van der Waals surface area contributed by atoms with Gasteiger partial charge in [-0.05, 0) is 111 Å². The standard InChI is InChI=1S/C41H47N2.C25H29N2.2C7H8S2.2CH4.2ClHO4.Ni/c1-7-9-28-42-34-26-24-30-18-14-16-20-32(30)38(34)40(3,4)36(42)22-12-11-13-23-37-41(5,6)39-33-21-17-15-19-31(33)25-27-35(39)43(37)29-10-8-2;1-24(2)18-12-7-9-14-20(18)26(5)22(24)16-11-17-23-25(3,4)19-13-8-10-15-21(19)27(23)6;2*1-5-2-3-6(8)7(9)4-5;;;2*2-1(3,4)5;/h11-27H,7-10,28-29H2,1-6H3;7-17H,1-6H3;2*2-4,8-9H,1H3;2*1H4;2*(H,2,3,4,5);/q2*+1;;;;;;;/p-6. The number of nitrogens with zero attached hydrogens (tertiary/aromatic N) is 4. The predicted molar refractivity (Wildman–Crippen MR) is 401 cm³/mol. The van der Waals surface area contributed by atoms with E-state index in [4.69, 9.17) is 87.8 Å². The molecule has 0 aliphatic carbocycles. The molecule has 12 rings (SSSR count). The van der Waals surface area contributed by atoms with E-state index in [2.05, 4.69) is 272 Å². The first-order valence-corrected chi connectivity index (χ1v) is 36.6. The molecule has 12 nitrogen and oxygen atoms in total. The van der Waals surface area contributed by atoms with Crippen molar-refractivity contribution in [2.75, 3.05) is 37.0 Å². The molecule has 0 unspecified atom stereocenters.